The molecule has 5 rings (SSSR count). The summed E-state index contributed by atoms with van der Waals surface area (Å²) in [5.41, 5.74) is 12.0. The zero-order valence-electron chi connectivity index (χ0n) is 17.0. The molecule has 0 bridgehead atoms. The van der Waals surface area contributed by atoms with E-state index in [0.29, 0.717) is 47.2 Å². The van der Waals surface area contributed by atoms with Gasteiger partial charge in [0.15, 0.2) is 11.5 Å². The second-order valence-electron chi connectivity index (χ2n) is 7.54. The number of nitrogens with two attached hydrogens (primary N) is 1. The number of halogens is 1. The molecule has 0 radical (unpaired) electrons. The number of benzene rings is 2. The Balaban J connectivity index is 1.38. The van der Waals surface area contributed by atoms with E-state index in [9.17, 15) is 0 Å². The molecule has 3 aromatic heterocycles. The maximum absolute atomic E-state index is 9.05. The van der Waals surface area contributed by atoms with Gasteiger partial charge in [0.1, 0.15) is 11.8 Å². The summed E-state index contributed by atoms with van der Waals surface area (Å²) in [5.74, 6) is 0.360. The second kappa shape index (κ2) is 8.30. The van der Waals surface area contributed by atoms with Crippen molar-refractivity contribution in [3.8, 4) is 6.07 Å². The van der Waals surface area contributed by atoms with Crippen LogP contribution in [0.25, 0.3) is 22.1 Å². The maximum atomic E-state index is 9.05. The number of hydrogen-bond acceptors (Lipinski definition) is 6. The molecule has 0 saturated carbocycles. The number of aromatic nitrogens is 5. The number of nitrogens with zero attached hydrogens (tertiary/aromatic N) is 5. The zero-order valence-corrected chi connectivity index (χ0v) is 17.8. The van der Waals surface area contributed by atoms with E-state index in [1.54, 1.807) is 12.4 Å². The molecule has 2 aromatic carbocycles. The molecule has 4 N–H and O–H groups in total. The Kier molecular flexibility index (Phi) is 5.19. The molecule has 0 saturated heterocycles. The van der Waals surface area contributed by atoms with Crippen LogP contribution in [0.15, 0.2) is 55.1 Å². The van der Waals surface area contributed by atoms with Crippen LogP contribution in [0.1, 0.15) is 22.4 Å². The number of nitriles is 1. The lowest BCUT2D eigenvalue weighted by Gasteiger charge is -2.07. The summed E-state index contributed by atoms with van der Waals surface area (Å²) in [6.07, 6.45) is 3.15. The van der Waals surface area contributed by atoms with Crippen molar-refractivity contribution in [3.05, 3.63) is 82.5 Å². The molecular formula is C23H19ClN8. The van der Waals surface area contributed by atoms with Crippen molar-refractivity contribution in [1.82, 2.24) is 29.8 Å². The lowest BCUT2D eigenvalue weighted by molar-refractivity contribution is 0.683. The number of nitrogen functional groups attached to an aromatic ring is 1. The molecule has 0 aliphatic carbocycles. The van der Waals surface area contributed by atoms with Crippen LogP contribution < -0.4 is 11.1 Å². The summed E-state index contributed by atoms with van der Waals surface area (Å²) in [5, 5.41) is 14.2. The van der Waals surface area contributed by atoms with E-state index in [-0.39, 0.29) is 0 Å². The standard InChI is InChI=1S/C23H19ClN8/c24-18-5-16-7-19(10-27-9-15-3-1-2-14(4-15)8-25)31-20(16)17(6-18)11-32-13-30-21-22(26)28-12-29-23(21)32/h1-7,12-13,27,31H,9-11H2,(H2,26,28,29). The SMILES string of the molecule is N#Cc1cccc(CNCc2cc3cc(Cl)cc(Cn4cnc5c(N)ncnc54)c3[nH]2)c1. The van der Waals surface area contributed by atoms with Gasteiger partial charge in [0.25, 0.3) is 0 Å². The molecule has 0 unspecified atom stereocenters. The third kappa shape index (κ3) is 3.87. The van der Waals surface area contributed by atoms with Gasteiger partial charge in [0, 0.05) is 29.2 Å². The zero-order chi connectivity index (χ0) is 22.1. The highest BCUT2D eigenvalue weighted by molar-refractivity contribution is 6.31. The predicted octanol–water partition coefficient (Wildman–Crippen LogP) is 3.75. The minimum Gasteiger partial charge on any atom is -0.382 e. The van der Waals surface area contributed by atoms with Crippen LogP contribution in [-0.4, -0.2) is 24.5 Å². The van der Waals surface area contributed by atoms with E-state index < -0.39 is 0 Å². The molecule has 3 heterocycles. The van der Waals surface area contributed by atoms with Crippen molar-refractivity contribution >= 4 is 39.5 Å². The van der Waals surface area contributed by atoms with Crippen LogP contribution in [0.5, 0.6) is 0 Å². The number of H-pyrrole nitrogens is 1. The Morgan fingerprint density at radius 1 is 1.12 bits per heavy atom. The van der Waals surface area contributed by atoms with E-state index in [1.165, 1.54) is 6.33 Å². The van der Waals surface area contributed by atoms with E-state index in [2.05, 4.69) is 37.4 Å². The molecule has 0 aliphatic heterocycles. The van der Waals surface area contributed by atoms with Crippen LogP contribution in [0, 0.1) is 11.3 Å². The monoisotopic (exact) mass is 442 g/mol. The molecule has 9 heteroatoms. The summed E-state index contributed by atoms with van der Waals surface area (Å²) in [6, 6.07) is 15.7. The largest absolute Gasteiger partial charge is 0.382 e. The minimum atomic E-state index is 0.360. The Labute approximate surface area is 188 Å². The highest BCUT2D eigenvalue weighted by atomic mass is 35.5. The highest BCUT2D eigenvalue weighted by Crippen LogP contribution is 2.26. The first-order chi connectivity index (χ1) is 15.6. The molecule has 0 amide bonds. The van der Waals surface area contributed by atoms with Crippen molar-refractivity contribution in [2.24, 2.45) is 0 Å². The summed E-state index contributed by atoms with van der Waals surface area (Å²) in [4.78, 5) is 16.2. The van der Waals surface area contributed by atoms with Crippen LogP contribution >= 0.6 is 11.6 Å². The van der Waals surface area contributed by atoms with Gasteiger partial charge in [0.2, 0.25) is 0 Å². The molecule has 158 valence electrons. The van der Waals surface area contributed by atoms with E-state index in [1.807, 2.05) is 34.9 Å². The maximum Gasteiger partial charge on any atom is 0.165 e. The predicted molar refractivity (Wildman–Crippen MR) is 124 cm³/mol. The van der Waals surface area contributed by atoms with Gasteiger partial charge in [-0.25, -0.2) is 15.0 Å². The van der Waals surface area contributed by atoms with Crippen molar-refractivity contribution in [1.29, 1.82) is 5.26 Å². The summed E-state index contributed by atoms with van der Waals surface area (Å²) >= 11 is 6.40. The van der Waals surface area contributed by atoms with Gasteiger partial charge in [-0.3, -0.25) is 0 Å². The van der Waals surface area contributed by atoms with Gasteiger partial charge in [-0.05, 0) is 41.5 Å². The van der Waals surface area contributed by atoms with Crippen LogP contribution in [0.4, 0.5) is 5.82 Å². The molecule has 0 fully saturated rings. The molecule has 32 heavy (non-hydrogen) atoms. The molecule has 8 nitrogen and oxygen atoms in total. The van der Waals surface area contributed by atoms with Gasteiger partial charge in [-0.1, -0.05) is 23.7 Å². The topological polar surface area (TPSA) is 121 Å². The van der Waals surface area contributed by atoms with E-state index in [4.69, 9.17) is 22.6 Å². The van der Waals surface area contributed by atoms with Gasteiger partial charge in [-0.2, -0.15) is 5.26 Å². The number of aromatic amines is 1. The lowest BCUT2D eigenvalue weighted by Crippen LogP contribution is -2.12. The molecule has 5 aromatic rings. The number of imidazole rings is 1. The van der Waals surface area contributed by atoms with Gasteiger partial charge < -0.3 is 20.6 Å². The Hall–Kier alpha value is -3.93. The van der Waals surface area contributed by atoms with E-state index in [0.717, 1.165) is 27.7 Å². The van der Waals surface area contributed by atoms with Crippen molar-refractivity contribution in [3.63, 3.8) is 0 Å². The van der Waals surface area contributed by atoms with Gasteiger partial charge >= 0.3 is 0 Å². The smallest absolute Gasteiger partial charge is 0.165 e. The fraction of sp³-hybridized carbons (Fsp3) is 0.130. The fourth-order valence-corrected chi connectivity index (χ4v) is 4.10. The van der Waals surface area contributed by atoms with Crippen LogP contribution in [0.2, 0.25) is 5.02 Å². The summed E-state index contributed by atoms with van der Waals surface area (Å²) in [6.45, 7) is 1.86. The average Bonchev–Trinajstić information content (AvgIpc) is 3.39. The Bertz CT molecular complexity index is 1480. The average molecular weight is 443 g/mol. The van der Waals surface area contributed by atoms with Gasteiger partial charge in [0.05, 0.1) is 30.0 Å². The number of rotatable bonds is 6. The van der Waals surface area contributed by atoms with E-state index >= 15 is 0 Å². The van der Waals surface area contributed by atoms with Crippen molar-refractivity contribution in [2.75, 3.05) is 5.73 Å². The summed E-state index contributed by atoms with van der Waals surface area (Å²) in [7, 11) is 0. The lowest BCUT2D eigenvalue weighted by atomic mass is 10.1. The highest BCUT2D eigenvalue weighted by Gasteiger charge is 2.12. The Morgan fingerprint density at radius 2 is 2.03 bits per heavy atom. The van der Waals surface area contributed by atoms with Gasteiger partial charge in [-0.15, -0.1) is 0 Å². The number of fused-ring (bicyclic) bond motifs is 2. The molecule has 0 atom stereocenters. The van der Waals surface area contributed by atoms with Crippen molar-refractivity contribution < 1.29 is 0 Å². The van der Waals surface area contributed by atoms with Crippen LogP contribution in [0.3, 0.4) is 0 Å². The second-order valence-corrected chi connectivity index (χ2v) is 7.98. The molecule has 0 spiro atoms. The third-order valence-corrected chi connectivity index (χ3v) is 5.52. The van der Waals surface area contributed by atoms with Crippen LogP contribution in [-0.2, 0) is 19.6 Å². The summed E-state index contributed by atoms with van der Waals surface area (Å²) < 4.78 is 1.93. The first-order valence-electron chi connectivity index (χ1n) is 10.0. The minimum absolute atomic E-state index is 0.360. The first kappa shape index (κ1) is 20.0. The Morgan fingerprint density at radius 3 is 2.91 bits per heavy atom. The molecular weight excluding hydrogens is 424 g/mol. The normalized spacial score (nSPS) is 11.2. The number of hydrogen-bond donors (Lipinski definition) is 3. The quantitative estimate of drug-likeness (QED) is 0.368. The fourth-order valence-electron chi connectivity index (χ4n) is 3.85. The third-order valence-electron chi connectivity index (χ3n) is 5.30. The molecule has 0 aliphatic rings. The van der Waals surface area contributed by atoms with Crippen molar-refractivity contribution in [2.45, 2.75) is 19.6 Å². The number of nitrogens with one attached hydrogen (secondary N) is 2. The first-order valence-corrected chi connectivity index (χ1v) is 10.4. The number of anilines is 1.